The third kappa shape index (κ3) is 3.75. The fourth-order valence-corrected chi connectivity index (χ4v) is 5.08. The molecule has 3 rings (SSSR count). The van der Waals surface area contributed by atoms with E-state index in [0.29, 0.717) is 5.69 Å². The van der Waals surface area contributed by atoms with Gasteiger partial charge in [-0.3, -0.25) is 4.79 Å². The van der Waals surface area contributed by atoms with Gasteiger partial charge in [0, 0.05) is 28.7 Å². The average Bonchev–Trinajstić information content (AvgIpc) is 3.13. The number of aromatic nitrogens is 1. The molecule has 124 valence electrons. The molecule has 5 nitrogen and oxygen atoms in total. The van der Waals surface area contributed by atoms with Gasteiger partial charge in [-0.15, -0.1) is 0 Å². The lowest BCUT2D eigenvalue weighted by molar-refractivity contribution is -0.115. The summed E-state index contributed by atoms with van der Waals surface area (Å²) in [5.41, 5.74) is 2.77. The minimum absolute atomic E-state index is 0.0169. The lowest BCUT2D eigenvalue weighted by atomic mass is 10.2. The number of benzene rings is 1. The van der Waals surface area contributed by atoms with Crippen LogP contribution in [0.3, 0.4) is 0 Å². The summed E-state index contributed by atoms with van der Waals surface area (Å²) in [4.78, 5) is 15.3. The van der Waals surface area contributed by atoms with Crippen LogP contribution in [-0.4, -0.2) is 30.3 Å². The number of aryl methyl sites for hydroxylation is 1. The molecule has 0 unspecified atom stereocenters. The van der Waals surface area contributed by atoms with E-state index in [1.807, 2.05) is 31.2 Å². The van der Waals surface area contributed by atoms with Gasteiger partial charge in [0.25, 0.3) is 0 Å². The molecular weight excluding hydrogens is 312 g/mol. The number of nitrogens with one attached hydrogen (secondary N) is 2. The predicted molar refractivity (Wildman–Crippen MR) is 92.3 cm³/mol. The average molecular weight is 334 g/mol. The number of carbonyl (C=O) groups is 1. The van der Waals surface area contributed by atoms with E-state index in [0.717, 1.165) is 42.3 Å². The van der Waals surface area contributed by atoms with Crippen molar-refractivity contribution in [1.29, 1.82) is 0 Å². The van der Waals surface area contributed by atoms with Crippen LogP contribution in [0.15, 0.2) is 24.3 Å². The summed E-state index contributed by atoms with van der Waals surface area (Å²) >= 11 is 0. The molecule has 1 aromatic carbocycles. The van der Waals surface area contributed by atoms with E-state index in [1.54, 1.807) is 0 Å². The fourth-order valence-electron chi connectivity index (χ4n) is 3.23. The van der Waals surface area contributed by atoms with E-state index in [9.17, 15) is 13.2 Å². The second-order valence-electron chi connectivity index (χ2n) is 6.33. The van der Waals surface area contributed by atoms with Crippen molar-refractivity contribution in [2.24, 2.45) is 0 Å². The number of rotatable bonds is 5. The van der Waals surface area contributed by atoms with E-state index < -0.39 is 9.84 Å². The summed E-state index contributed by atoms with van der Waals surface area (Å²) in [6.07, 6.45) is 3.46. The molecule has 1 fully saturated rings. The largest absolute Gasteiger partial charge is 0.359 e. The van der Waals surface area contributed by atoms with Gasteiger partial charge in [0.2, 0.25) is 5.91 Å². The number of H-pyrrole nitrogens is 1. The van der Waals surface area contributed by atoms with Gasteiger partial charge in [0.15, 0.2) is 9.84 Å². The van der Waals surface area contributed by atoms with Crippen molar-refractivity contribution in [3.8, 4) is 0 Å². The van der Waals surface area contributed by atoms with E-state index in [2.05, 4.69) is 10.3 Å². The summed E-state index contributed by atoms with van der Waals surface area (Å²) in [6.45, 7) is 1.98. The van der Waals surface area contributed by atoms with Gasteiger partial charge in [-0.2, -0.15) is 0 Å². The van der Waals surface area contributed by atoms with Gasteiger partial charge in [0.1, 0.15) is 0 Å². The zero-order valence-corrected chi connectivity index (χ0v) is 14.1. The highest BCUT2D eigenvalue weighted by Crippen LogP contribution is 2.25. The van der Waals surface area contributed by atoms with Gasteiger partial charge in [-0.25, -0.2) is 8.42 Å². The van der Waals surface area contributed by atoms with Crippen LogP contribution in [0.1, 0.15) is 37.8 Å². The SMILES string of the molecule is Cc1cc2cc(NC(=O)CCS(=O)(=O)C3CCCC3)ccc2[nH]1. The van der Waals surface area contributed by atoms with Crippen molar-refractivity contribution in [2.75, 3.05) is 11.1 Å². The molecule has 0 saturated heterocycles. The summed E-state index contributed by atoms with van der Waals surface area (Å²) in [6, 6.07) is 7.63. The third-order valence-corrected chi connectivity index (χ3v) is 6.72. The van der Waals surface area contributed by atoms with Gasteiger partial charge in [-0.05, 0) is 44.0 Å². The Morgan fingerprint density at radius 1 is 1.26 bits per heavy atom. The molecule has 1 aliphatic rings. The van der Waals surface area contributed by atoms with Crippen LogP contribution in [-0.2, 0) is 14.6 Å². The monoisotopic (exact) mass is 334 g/mol. The maximum Gasteiger partial charge on any atom is 0.225 e. The van der Waals surface area contributed by atoms with Gasteiger partial charge < -0.3 is 10.3 Å². The Morgan fingerprint density at radius 2 is 2.00 bits per heavy atom. The summed E-state index contributed by atoms with van der Waals surface area (Å²) in [7, 11) is -3.14. The van der Waals surface area contributed by atoms with Crippen molar-refractivity contribution in [3.63, 3.8) is 0 Å². The Bertz CT molecular complexity index is 817. The van der Waals surface area contributed by atoms with E-state index in [1.165, 1.54) is 0 Å². The highest BCUT2D eigenvalue weighted by molar-refractivity contribution is 7.92. The highest BCUT2D eigenvalue weighted by atomic mass is 32.2. The standard InChI is InChI=1S/C17H22N2O3S/c1-12-10-13-11-14(6-7-16(13)18-12)19-17(20)8-9-23(21,22)15-4-2-3-5-15/h6-7,10-11,15,18H,2-5,8-9H2,1H3,(H,19,20). The number of amides is 1. The first-order chi connectivity index (χ1) is 10.9. The second-order valence-corrected chi connectivity index (χ2v) is 8.73. The van der Waals surface area contributed by atoms with Crippen LogP contribution < -0.4 is 5.32 Å². The maximum atomic E-state index is 12.2. The van der Waals surface area contributed by atoms with Crippen LogP contribution >= 0.6 is 0 Å². The summed E-state index contributed by atoms with van der Waals surface area (Å²) in [5.74, 6) is -0.312. The van der Waals surface area contributed by atoms with Crippen LogP contribution in [0, 0.1) is 6.92 Å². The van der Waals surface area contributed by atoms with E-state index >= 15 is 0 Å². The summed E-state index contributed by atoms with van der Waals surface area (Å²) in [5, 5.41) is 3.57. The molecule has 23 heavy (non-hydrogen) atoms. The molecule has 6 heteroatoms. The minimum atomic E-state index is -3.14. The molecule has 0 spiro atoms. The quantitative estimate of drug-likeness (QED) is 0.881. The first kappa shape index (κ1) is 16.1. The predicted octanol–water partition coefficient (Wildman–Crippen LogP) is 3.16. The second kappa shape index (κ2) is 6.35. The van der Waals surface area contributed by atoms with Crippen molar-refractivity contribution < 1.29 is 13.2 Å². The lowest BCUT2D eigenvalue weighted by Crippen LogP contribution is -2.24. The zero-order valence-electron chi connectivity index (χ0n) is 13.3. The number of hydrogen-bond donors (Lipinski definition) is 2. The molecule has 2 aromatic rings. The van der Waals surface area contributed by atoms with Gasteiger partial charge in [0.05, 0.1) is 11.0 Å². The van der Waals surface area contributed by atoms with Gasteiger partial charge >= 0.3 is 0 Å². The topological polar surface area (TPSA) is 79.0 Å². The number of anilines is 1. The van der Waals surface area contributed by atoms with Crippen LogP contribution in [0.5, 0.6) is 0 Å². The molecular formula is C17H22N2O3S. The normalized spacial score (nSPS) is 16.0. The van der Waals surface area contributed by atoms with Crippen molar-refractivity contribution >= 4 is 32.3 Å². The van der Waals surface area contributed by atoms with Crippen molar-refractivity contribution in [3.05, 3.63) is 30.0 Å². The number of fused-ring (bicyclic) bond motifs is 1. The Hall–Kier alpha value is -1.82. The van der Waals surface area contributed by atoms with Crippen LogP contribution in [0.2, 0.25) is 0 Å². The smallest absolute Gasteiger partial charge is 0.225 e. The van der Waals surface area contributed by atoms with E-state index in [-0.39, 0.29) is 23.3 Å². The molecule has 0 radical (unpaired) electrons. The molecule has 0 aliphatic heterocycles. The number of sulfone groups is 1. The molecule has 1 heterocycles. The van der Waals surface area contributed by atoms with Gasteiger partial charge in [-0.1, -0.05) is 12.8 Å². The Labute approximate surface area is 136 Å². The first-order valence-corrected chi connectivity index (χ1v) is 9.76. The highest BCUT2D eigenvalue weighted by Gasteiger charge is 2.28. The third-order valence-electron chi connectivity index (χ3n) is 4.46. The molecule has 1 amide bonds. The number of carbonyl (C=O) groups excluding carboxylic acids is 1. The van der Waals surface area contributed by atoms with Crippen LogP contribution in [0.4, 0.5) is 5.69 Å². The summed E-state index contributed by atoms with van der Waals surface area (Å²) < 4.78 is 24.4. The molecule has 0 bridgehead atoms. The minimum Gasteiger partial charge on any atom is -0.359 e. The van der Waals surface area contributed by atoms with Crippen LogP contribution in [0.25, 0.3) is 10.9 Å². The molecule has 1 saturated carbocycles. The fraction of sp³-hybridized carbons (Fsp3) is 0.471. The first-order valence-electron chi connectivity index (χ1n) is 8.05. The Morgan fingerprint density at radius 3 is 2.74 bits per heavy atom. The number of hydrogen-bond acceptors (Lipinski definition) is 3. The molecule has 1 aliphatic carbocycles. The Kier molecular flexibility index (Phi) is 4.43. The zero-order chi connectivity index (χ0) is 16.4. The van der Waals surface area contributed by atoms with E-state index in [4.69, 9.17) is 0 Å². The molecule has 1 aromatic heterocycles. The lowest BCUT2D eigenvalue weighted by Gasteiger charge is -2.11. The van der Waals surface area contributed by atoms with Crippen molar-refractivity contribution in [1.82, 2.24) is 4.98 Å². The molecule has 2 N–H and O–H groups in total. The molecule has 0 atom stereocenters. The van der Waals surface area contributed by atoms with Crippen molar-refractivity contribution in [2.45, 2.75) is 44.3 Å². The number of aromatic amines is 1. The Balaban J connectivity index is 1.59. The maximum absolute atomic E-state index is 12.2.